The maximum atomic E-state index is 14.0. The summed E-state index contributed by atoms with van der Waals surface area (Å²) < 4.78 is 6.95. The highest BCUT2D eigenvalue weighted by molar-refractivity contribution is 7.10. The van der Waals surface area contributed by atoms with Crippen LogP contribution in [0.3, 0.4) is 0 Å². The highest BCUT2D eigenvalue weighted by atomic mass is 32.1. The third-order valence-corrected chi connectivity index (χ3v) is 8.83. The summed E-state index contributed by atoms with van der Waals surface area (Å²) in [6.07, 6.45) is 5.48. The SMILES string of the molecule is CCCCCCCN1C(=O)/C(=c2\sc3n(c2=O)[C@@H](c2cccs2)C(C(=O)OC)=C(C)N=3)c2ccccc21. The van der Waals surface area contributed by atoms with Crippen LogP contribution in [-0.4, -0.2) is 30.1 Å². The fourth-order valence-corrected chi connectivity index (χ4v) is 7.01. The second kappa shape index (κ2) is 10.6. The zero-order valence-corrected chi connectivity index (χ0v) is 22.8. The van der Waals surface area contributed by atoms with Crippen LogP contribution < -0.4 is 19.8 Å². The molecule has 9 heteroatoms. The molecule has 0 spiro atoms. The summed E-state index contributed by atoms with van der Waals surface area (Å²) >= 11 is 2.67. The number of thiazole rings is 1. The van der Waals surface area contributed by atoms with Crippen LogP contribution >= 0.6 is 22.7 Å². The van der Waals surface area contributed by atoms with Crippen molar-refractivity contribution in [1.82, 2.24) is 4.57 Å². The predicted molar refractivity (Wildman–Crippen MR) is 147 cm³/mol. The minimum Gasteiger partial charge on any atom is -0.466 e. The van der Waals surface area contributed by atoms with Crippen LogP contribution in [0.4, 0.5) is 5.69 Å². The average molecular weight is 536 g/mol. The summed E-state index contributed by atoms with van der Waals surface area (Å²) in [6.45, 7) is 4.55. The van der Waals surface area contributed by atoms with E-state index >= 15 is 0 Å². The molecule has 1 amide bonds. The number of unbranched alkanes of at least 4 members (excludes halogenated alkanes) is 4. The van der Waals surface area contributed by atoms with Gasteiger partial charge in [-0.1, -0.05) is 68.2 Å². The van der Waals surface area contributed by atoms with E-state index in [2.05, 4.69) is 11.9 Å². The van der Waals surface area contributed by atoms with Crippen molar-refractivity contribution in [3.05, 3.63) is 83.2 Å². The quantitative estimate of drug-likeness (QED) is 0.321. The Bertz CT molecular complexity index is 1560. The zero-order valence-electron chi connectivity index (χ0n) is 21.2. The van der Waals surface area contributed by atoms with Gasteiger partial charge in [-0.05, 0) is 30.9 Å². The van der Waals surface area contributed by atoms with E-state index in [4.69, 9.17) is 4.74 Å². The van der Waals surface area contributed by atoms with Crippen molar-refractivity contribution in [1.29, 1.82) is 0 Å². The molecule has 1 aromatic carbocycles. The van der Waals surface area contributed by atoms with Crippen molar-refractivity contribution in [2.45, 2.75) is 52.0 Å². The number of carbonyl (C=O) groups excluding carboxylic acids is 2. The second-order valence-electron chi connectivity index (χ2n) is 9.17. The second-order valence-corrected chi connectivity index (χ2v) is 11.1. The minimum atomic E-state index is -0.653. The summed E-state index contributed by atoms with van der Waals surface area (Å²) in [7, 11) is 1.33. The van der Waals surface area contributed by atoms with E-state index in [1.807, 2.05) is 41.8 Å². The van der Waals surface area contributed by atoms with Crippen LogP contribution in [0.25, 0.3) is 5.57 Å². The van der Waals surface area contributed by atoms with Gasteiger partial charge in [-0.3, -0.25) is 14.2 Å². The summed E-state index contributed by atoms with van der Waals surface area (Å²) in [5.41, 5.74) is 2.54. The number of para-hydroxylation sites is 1. The van der Waals surface area contributed by atoms with Gasteiger partial charge in [0, 0.05) is 17.0 Å². The normalized spacial score (nSPS) is 18.1. The number of amides is 1. The number of ether oxygens (including phenoxy) is 1. The Kier molecular flexibility index (Phi) is 7.26. The number of thiophene rings is 1. The van der Waals surface area contributed by atoms with E-state index in [0.717, 1.165) is 35.4 Å². The first-order valence-electron chi connectivity index (χ1n) is 12.6. The molecule has 0 fully saturated rings. The van der Waals surface area contributed by atoms with Crippen LogP contribution in [0.2, 0.25) is 0 Å². The molecule has 0 aliphatic carbocycles. The molecule has 37 heavy (non-hydrogen) atoms. The molecule has 1 atom stereocenters. The lowest BCUT2D eigenvalue weighted by atomic mass is 10.0. The number of aromatic nitrogens is 1. The number of benzene rings is 1. The standard InChI is InChI=1S/C28H29N3O4S2/c1-4-5-6-7-10-15-30-19-13-9-8-12-18(19)22(25(30)32)24-26(33)31-23(20-14-11-16-36-20)21(27(34)35-3)17(2)29-28(31)37-24/h8-9,11-14,16,23H,4-7,10,15H2,1-3H3/b24-22-/t23-/m0/s1. The van der Waals surface area contributed by atoms with Crippen LogP contribution in [0, 0.1) is 0 Å². The van der Waals surface area contributed by atoms with Gasteiger partial charge in [0.15, 0.2) is 4.80 Å². The van der Waals surface area contributed by atoms with E-state index in [0.29, 0.717) is 32.7 Å². The van der Waals surface area contributed by atoms with Gasteiger partial charge in [-0.15, -0.1) is 11.3 Å². The maximum Gasteiger partial charge on any atom is 0.338 e. The first kappa shape index (κ1) is 25.4. The predicted octanol–water partition coefficient (Wildman–Crippen LogP) is 4.16. The van der Waals surface area contributed by atoms with Gasteiger partial charge >= 0.3 is 5.97 Å². The largest absolute Gasteiger partial charge is 0.466 e. The van der Waals surface area contributed by atoms with Gasteiger partial charge in [-0.2, -0.15) is 0 Å². The number of allylic oxidation sites excluding steroid dienone is 1. The van der Waals surface area contributed by atoms with Crippen molar-refractivity contribution in [3.63, 3.8) is 0 Å². The molecule has 0 unspecified atom stereocenters. The van der Waals surface area contributed by atoms with Crippen LogP contribution in [0.5, 0.6) is 0 Å². The molecule has 2 aromatic heterocycles. The Morgan fingerprint density at radius 1 is 1.08 bits per heavy atom. The number of rotatable bonds is 8. The maximum absolute atomic E-state index is 14.0. The average Bonchev–Trinajstić information content (AvgIpc) is 3.60. The lowest BCUT2D eigenvalue weighted by molar-refractivity contribution is -0.136. The van der Waals surface area contributed by atoms with Gasteiger partial charge in [0.05, 0.1) is 29.6 Å². The molecule has 3 aromatic rings. The fraction of sp³-hybridized carbons (Fsp3) is 0.357. The molecule has 0 radical (unpaired) electrons. The first-order chi connectivity index (χ1) is 18.0. The van der Waals surface area contributed by atoms with Gasteiger partial charge in [-0.25, -0.2) is 9.79 Å². The number of fused-ring (bicyclic) bond motifs is 2. The smallest absolute Gasteiger partial charge is 0.338 e. The van der Waals surface area contributed by atoms with Crippen molar-refractivity contribution >= 4 is 45.8 Å². The zero-order chi connectivity index (χ0) is 26.1. The molecule has 4 heterocycles. The molecule has 0 N–H and O–H groups in total. The van der Waals surface area contributed by atoms with Gasteiger partial charge in [0.1, 0.15) is 10.6 Å². The fourth-order valence-electron chi connectivity index (χ4n) is 5.05. The Morgan fingerprint density at radius 3 is 2.59 bits per heavy atom. The van der Waals surface area contributed by atoms with Crippen LogP contribution in [0.15, 0.2) is 62.8 Å². The monoisotopic (exact) mass is 535 g/mol. The highest BCUT2D eigenvalue weighted by Crippen LogP contribution is 2.36. The summed E-state index contributed by atoms with van der Waals surface area (Å²) in [4.78, 5) is 48.3. The molecular formula is C28H29N3O4S2. The number of carbonyl (C=O) groups is 2. The summed E-state index contributed by atoms with van der Waals surface area (Å²) in [5, 5.41) is 1.91. The third kappa shape index (κ3) is 4.40. The third-order valence-electron chi connectivity index (χ3n) is 6.85. The number of hydrogen-bond donors (Lipinski definition) is 0. The van der Waals surface area contributed by atoms with Crippen LogP contribution in [0.1, 0.15) is 62.4 Å². The topological polar surface area (TPSA) is 81.0 Å². The number of anilines is 1. The molecule has 0 bridgehead atoms. The van der Waals surface area contributed by atoms with Crippen molar-refractivity contribution in [2.75, 3.05) is 18.6 Å². The lowest BCUT2D eigenvalue weighted by Crippen LogP contribution is -2.40. The summed E-state index contributed by atoms with van der Waals surface area (Å²) in [5.74, 6) is -0.673. The van der Waals surface area contributed by atoms with E-state index in [9.17, 15) is 14.4 Å². The van der Waals surface area contributed by atoms with Crippen LogP contribution in [-0.2, 0) is 14.3 Å². The number of nitrogens with zero attached hydrogens (tertiary/aromatic N) is 3. The van der Waals surface area contributed by atoms with E-state index < -0.39 is 12.0 Å². The number of esters is 1. The molecule has 2 aliphatic rings. The van der Waals surface area contributed by atoms with Gasteiger partial charge < -0.3 is 9.64 Å². The Balaban J connectivity index is 1.66. The summed E-state index contributed by atoms with van der Waals surface area (Å²) in [6, 6.07) is 10.8. The Hall–Kier alpha value is -3.30. The van der Waals surface area contributed by atoms with Crippen molar-refractivity contribution in [2.24, 2.45) is 4.99 Å². The van der Waals surface area contributed by atoms with E-state index in [-0.39, 0.29) is 11.5 Å². The van der Waals surface area contributed by atoms with Crippen molar-refractivity contribution < 1.29 is 14.3 Å². The van der Waals surface area contributed by atoms with Gasteiger partial charge in [0.2, 0.25) is 0 Å². The first-order valence-corrected chi connectivity index (χ1v) is 14.3. The Labute approximate surface area is 223 Å². The van der Waals surface area contributed by atoms with Gasteiger partial charge in [0.25, 0.3) is 11.5 Å². The molecule has 2 aliphatic heterocycles. The number of methoxy groups -OCH3 is 1. The van der Waals surface area contributed by atoms with E-state index in [1.54, 1.807) is 16.4 Å². The molecule has 0 saturated carbocycles. The lowest BCUT2D eigenvalue weighted by Gasteiger charge is -2.22. The molecular weight excluding hydrogens is 506 g/mol. The minimum absolute atomic E-state index is 0.154. The highest BCUT2D eigenvalue weighted by Gasteiger charge is 2.37. The molecule has 5 rings (SSSR count). The Morgan fingerprint density at radius 2 is 1.86 bits per heavy atom. The van der Waals surface area contributed by atoms with Crippen molar-refractivity contribution in [3.8, 4) is 0 Å². The molecule has 0 saturated heterocycles. The molecule has 7 nitrogen and oxygen atoms in total. The van der Waals surface area contributed by atoms with E-state index in [1.165, 1.54) is 42.6 Å². The number of hydrogen-bond acceptors (Lipinski definition) is 7. The molecule has 192 valence electrons.